The number of carbonyl (C=O) groups excluding carboxylic acids is 2. The van der Waals surface area contributed by atoms with Crippen LogP contribution in [0.4, 0.5) is 16.2 Å². The Balaban J connectivity index is 1.43. The number of ether oxygens (including phenoxy) is 1. The molecule has 8 heteroatoms. The van der Waals surface area contributed by atoms with Crippen molar-refractivity contribution in [3.8, 4) is 0 Å². The molecule has 1 heterocycles. The van der Waals surface area contributed by atoms with Crippen molar-refractivity contribution in [2.24, 2.45) is 5.92 Å². The molecule has 3 rings (SSSR count). The molecule has 4 N–H and O–H groups in total. The topological polar surface area (TPSA) is 117 Å². The van der Waals surface area contributed by atoms with Crippen molar-refractivity contribution in [3.63, 3.8) is 0 Å². The molecule has 0 radical (unpaired) electrons. The number of aliphatic carboxylic acids is 1. The lowest BCUT2D eigenvalue weighted by Gasteiger charge is -2.26. The summed E-state index contributed by atoms with van der Waals surface area (Å²) >= 11 is 0. The van der Waals surface area contributed by atoms with E-state index >= 15 is 0 Å². The third-order valence-electron chi connectivity index (χ3n) is 5.04. The maximum absolute atomic E-state index is 12.1. The Bertz CT molecular complexity index is 677. The van der Waals surface area contributed by atoms with Gasteiger partial charge in [0, 0.05) is 24.0 Å². The van der Waals surface area contributed by atoms with E-state index in [0.717, 1.165) is 12.8 Å². The summed E-state index contributed by atoms with van der Waals surface area (Å²) in [6, 6.07) is 6.55. The molecule has 3 amide bonds. The van der Waals surface area contributed by atoms with E-state index < -0.39 is 5.97 Å². The molecule has 0 aromatic heterocycles. The quantitative estimate of drug-likeness (QED) is 0.631. The molecule has 8 nitrogen and oxygen atoms in total. The minimum Gasteiger partial charge on any atom is -0.481 e. The molecular weight excluding hydrogens is 350 g/mol. The average Bonchev–Trinajstić information content (AvgIpc) is 3.18. The van der Waals surface area contributed by atoms with E-state index in [9.17, 15) is 14.4 Å². The number of carboxylic acid groups (broad SMARTS) is 1. The maximum atomic E-state index is 12.1. The summed E-state index contributed by atoms with van der Waals surface area (Å²) in [5, 5.41) is 17.4. The number of hydrogen-bond donors (Lipinski definition) is 4. The molecule has 1 aromatic carbocycles. The lowest BCUT2D eigenvalue weighted by molar-refractivity contribution is -0.142. The number of amides is 3. The Hall–Kier alpha value is -2.61. The first kappa shape index (κ1) is 19.2. The summed E-state index contributed by atoms with van der Waals surface area (Å²) in [7, 11) is 0. The van der Waals surface area contributed by atoms with Crippen molar-refractivity contribution in [2.45, 2.75) is 50.7 Å². The van der Waals surface area contributed by atoms with Crippen LogP contribution in [0, 0.1) is 5.92 Å². The summed E-state index contributed by atoms with van der Waals surface area (Å²) in [6.45, 7) is 0.619. The summed E-state index contributed by atoms with van der Waals surface area (Å²) < 4.78 is 5.35. The monoisotopic (exact) mass is 375 g/mol. The molecule has 1 atom stereocenters. The minimum atomic E-state index is -0.760. The number of carboxylic acids is 1. The van der Waals surface area contributed by atoms with Crippen molar-refractivity contribution >= 4 is 29.3 Å². The van der Waals surface area contributed by atoms with E-state index in [1.807, 2.05) is 0 Å². The first-order chi connectivity index (χ1) is 13.0. The fourth-order valence-corrected chi connectivity index (χ4v) is 3.48. The van der Waals surface area contributed by atoms with Gasteiger partial charge in [0.05, 0.1) is 5.92 Å². The highest BCUT2D eigenvalue weighted by atomic mass is 16.5. The van der Waals surface area contributed by atoms with Gasteiger partial charge < -0.3 is 25.8 Å². The lowest BCUT2D eigenvalue weighted by Crippen LogP contribution is -2.40. The fourth-order valence-electron chi connectivity index (χ4n) is 3.48. The second-order valence-electron chi connectivity index (χ2n) is 7.05. The van der Waals surface area contributed by atoms with Crippen LogP contribution in [0.1, 0.15) is 38.5 Å². The molecule has 1 unspecified atom stereocenters. The van der Waals surface area contributed by atoms with Crippen LogP contribution >= 0.6 is 0 Å². The van der Waals surface area contributed by atoms with Gasteiger partial charge in [0.25, 0.3) is 5.91 Å². The molecule has 1 aliphatic carbocycles. The number of rotatable bonds is 5. The Morgan fingerprint density at radius 2 is 1.56 bits per heavy atom. The Morgan fingerprint density at radius 3 is 2.11 bits per heavy atom. The lowest BCUT2D eigenvalue weighted by atomic mass is 9.86. The zero-order valence-electron chi connectivity index (χ0n) is 15.1. The van der Waals surface area contributed by atoms with Gasteiger partial charge in [-0.05, 0) is 62.8 Å². The third-order valence-corrected chi connectivity index (χ3v) is 5.04. The molecule has 146 valence electrons. The van der Waals surface area contributed by atoms with E-state index in [1.165, 1.54) is 0 Å². The van der Waals surface area contributed by atoms with Gasteiger partial charge in [0.1, 0.15) is 6.10 Å². The normalized spacial score (nSPS) is 24.8. The van der Waals surface area contributed by atoms with Crippen molar-refractivity contribution in [1.82, 2.24) is 5.32 Å². The molecule has 1 saturated heterocycles. The van der Waals surface area contributed by atoms with Crippen LogP contribution in [0.25, 0.3) is 0 Å². The summed E-state index contributed by atoms with van der Waals surface area (Å²) in [5.74, 6) is -1.21. The van der Waals surface area contributed by atoms with Crippen LogP contribution < -0.4 is 16.0 Å². The SMILES string of the molecule is O=C(Nc1ccc(NC(=O)C2CCCO2)cc1)NC1CCC(C(=O)O)CC1. The van der Waals surface area contributed by atoms with E-state index in [2.05, 4.69) is 16.0 Å². The fraction of sp³-hybridized carbons (Fsp3) is 0.526. The molecule has 0 bridgehead atoms. The molecular formula is C19H25N3O5. The van der Waals surface area contributed by atoms with Crippen LogP contribution in [0.15, 0.2) is 24.3 Å². The molecule has 1 saturated carbocycles. The second-order valence-corrected chi connectivity index (χ2v) is 7.05. The number of benzene rings is 1. The van der Waals surface area contributed by atoms with Crippen LogP contribution in [-0.4, -0.2) is 41.8 Å². The highest BCUT2D eigenvalue weighted by Gasteiger charge is 2.26. The van der Waals surface area contributed by atoms with Gasteiger partial charge in [-0.1, -0.05) is 0 Å². The van der Waals surface area contributed by atoms with E-state index in [1.54, 1.807) is 24.3 Å². The van der Waals surface area contributed by atoms with Gasteiger partial charge in [0.15, 0.2) is 0 Å². The first-order valence-corrected chi connectivity index (χ1v) is 9.34. The number of anilines is 2. The van der Waals surface area contributed by atoms with Crippen molar-refractivity contribution < 1.29 is 24.2 Å². The number of carbonyl (C=O) groups is 3. The van der Waals surface area contributed by atoms with Gasteiger partial charge in [-0.2, -0.15) is 0 Å². The molecule has 27 heavy (non-hydrogen) atoms. The largest absolute Gasteiger partial charge is 0.481 e. The first-order valence-electron chi connectivity index (χ1n) is 9.34. The third kappa shape index (κ3) is 5.43. The van der Waals surface area contributed by atoms with Gasteiger partial charge >= 0.3 is 12.0 Å². The van der Waals surface area contributed by atoms with Gasteiger partial charge in [-0.25, -0.2) is 4.79 Å². The summed E-state index contributed by atoms with van der Waals surface area (Å²) in [5.41, 5.74) is 1.26. The van der Waals surface area contributed by atoms with E-state index in [4.69, 9.17) is 9.84 Å². The number of urea groups is 1. The Kier molecular flexibility index (Phi) is 6.28. The molecule has 0 spiro atoms. The molecule has 2 aliphatic rings. The van der Waals surface area contributed by atoms with Crippen LogP contribution in [0.2, 0.25) is 0 Å². The van der Waals surface area contributed by atoms with Gasteiger partial charge in [0.2, 0.25) is 0 Å². The standard InChI is InChI=1S/C19H25N3O5/c23-17(16-2-1-11-27-16)20-13-7-9-15(10-8-13)22-19(26)21-14-5-3-12(4-6-14)18(24)25/h7-10,12,14,16H,1-6,11H2,(H,20,23)(H,24,25)(H2,21,22,26). The molecule has 2 fully saturated rings. The summed E-state index contributed by atoms with van der Waals surface area (Å²) in [4.78, 5) is 35.1. The van der Waals surface area contributed by atoms with Crippen LogP contribution in [-0.2, 0) is 14.3 Å². The Morgan fingerprint density at radius 1 is 0.926 bits per heavy atom. The highest BCUT2D eigenvalue weighted by molar-refractivity contribution is 5.95. The van der Waals surface area contributed by atoms with Gasteiger partial charge in [-0.15, -0.1) is 0 Å². The van der Waals surface area contributed by atoms with Gasteiger partial charge in [-0.3, -0.25) is 9.59 Å². The average molecular weight is 375 g/mol. The second kappa shape index (κ2) is 8.85. The van der Waals surface area contributed by atoms with E-state index in [-0.39, 0.29) is 30.0 Å². The predicted octanol–water partition coefficient (Wildman–Crippen LogP) is 2.57. The van der Waals surface area contributed by atoms with Crippen molar-refractivity contribution in [1.29, 1.82) is 0 Å². The highest BCUT2D eigenvalue weighted by Crippen LogP contribution is 2.24. The Labute approximate surface area is 157 Å². The van der Waals surface area contributed by atoms with Crippen LogP contribution in [0.3, 0.4) is 0 Å². The smallest absolute Gasteiger partial charge is 0.319 e. The molecule has 1 aromatic rings. The summed E-state index contributed by atoms with van der Waals surface area (Å²) in [6.07, 6.45) is 3.74. The van der Waals surface area contributed by atoms with E-state index in [0.29, 0.717) is 43.7 Å². The maximum Gasteiger partial charge on any atom is 0.319 e. The number of nitrogens with one attached hydrogen (secondary N) is 3. The van der Waals surface area contributed by atoms with Crippen molar-refractivity contribution in [2.75, 3.05) is 17.2 Å². The zero-order valence-corrected chi connectivity index (χ0v) is 15.1. The number of hydrogen-bond acceptors (Lipinski definition) is 4. The van der Waals surface area contributed by atoms with Crippen molar-refractivity contribution in [3.05, 3.63) is 24.3 Å². The minimum absolute atomic E-state index is 0.00873. The predicted molar refractivity (Wildman–Crippen MR) is 99.6 cm³/mol. The van der Waals surface area contributed by atoms with Crippen LogP contribution in [0.5, 0.6) is 0 Å². The zero-order chi connectivity index (χ0) is 19.2. The molecule has 1 aliphatic heterocycles.